The van der Waals surface area contributed by atoms with Crippen LogP contribution in [0.2, 0.25) is 0 Å². The minimum Gasteiger partial charge on any atom is -0.434 e. The number of carbonyl (C=O) groups excluding carboxylic acids is 1. The molecular formula is C20H25N3O2. The lowest BCUT2D eigenvalue weighted by molar-refractivity contribution is -0.114. The quantitative estimate of drug-likeness (QED) is 0.361. The van der Waals surface area contributed by atoms with E-state index in [1.54, 1.807) is 13.3 Å². The van der Waals surface area contributed by atoms with E-state index in [0.29, 0.717) is 6.41 Å². The highest BCUT2D eigenvalue weighted by Gasteiger charge is 2.08. The van der Waals surface area contributed by atoms with Gasteiger partial charge in [-0.3, -0.25) is 9.69 Å². The molecule has 2 aromatic rings. The van der Waals surface area contributed by atoms with Gasteiger partial charge in [0.15, 0.2) is 0 Å². The fourth-order valence-corrected chi connectivity index (χ4v) is 2.48. The van der Waals surface area contributed by atoms with Crippen LogP contribution in [0.5, 0.6) is 0 Å². The van der Waals surface area contributed by atoms with Gasteiger partial charge in [-0.2, -0.15) is 0 Å². The molecule has 0 aliphatic heterocycles. The molecule has 0 aromatic heterocycles. The van der Waals surface area contributed by atoms with Crippen LogP contribution in [-0.2, 0) is 9.53 Å². The third-order valence-electron chi connectivity index (χ3n) is 3.67. The summed E-state index contributed by atoms with van der Waals surface area (Å²) in [7, 11) is 5.68. The van der Waals surface area contributed by atoms with E-state index >= 15 is 0 Å². The molecule has 0 aliphatic rings. The molecule has 0 heterocycles. The Labute approximate surface area is 149 Å². The van der Waals surface area contributed by atoms with Crippen LogP contribution in [-0.4, -0.2) is 44.5 Å². The average Bonchev–Trinajstić information content (AvgIpc) is 2.59. The van der Waals surface area contributed by atoms with Crippen LogP contribution in [0.25, 0.3) is 16.8 Å². The summed E-state index contributed by atoms with van der Waals surface area (Å²) in [5, 5.41) is 2.32. The van der Waals surface area contributed by atoms with Crippen molar-refractivity contribution in [3.63, 3.8) is 0 Å². The highest BCUT2D eigenvalue weighted by molar-refractivity contribution is 5.99. The Kier molecular flexibility index (Phi) is 6.17. The van der Waals surface area contributed by atoms with Gasteiger partial charge in [0.2, 0.25) is 6.41 Å². The van der Waals surface area contributed by atoms with Crippen molar-refractivity contribution in [1.29, 1.82) is 0 Å². The molecule has 0 bridgehead atoms. The normalized spacial score (nSPS) is 12.0. The second kappa shape index (κ2) is 8.33. The highest BCUT2D eigenvalue weighted by Crippen LogP contribution is 2.29. The van der Waals surface area contributed by atoms with Crippen molar-refractivity contribution in [2.24, 2.45) is 4.99 Å². The van der Waals surface area contributed by atoms with E-state index in [0.717, 1.165) is 16.6 Å². The summed E-state index contributed by atoms with van der Waals surface area (Å²) in [6, 6.07) is 12.7. The fourth-order valence-electron chi connectivity index (χ4n) is 2.48. The molecule has 132 valence electrons. The van der Waals surface area contributed by atoms with E-state index in [4.69, 9.17) is 4.74 Å². The molecule has 0 spiro atoms. The first-order valence-corrected chi connectivity index (χ1v) is 8.22. The van der Waals surface area contributed by atoms with Crippen LogP contribution < -0.4 is 4.90 Å². The Morgan fingerprint density at radius 2 is 1.76 bits per heavy atom. The minimum absolute atomic E-state index is 0.0333. The highest BCUT2D eigenvalue weighted by atomic mass is 16.5. The number of hydrogen-bond acceptors (Lipinski definition) is 4. The van der Waals surface area contributed by atoms with Crippen LogP contribution in [0, 0.1) is 0 Å². The Hall–Kier alpha value is -2.82. The lowest BCUT2D eigenvalue weighted by Crippen LogP contribution is -2.27. The first kappa shape index (κ1) is 18.5. The summed E-state index contributed by atoms with van der Waals surface area (Å²) in [5.41, 5.74) is 2.20. The maximum atomic E-state index is 11.0. The van der Waals surface area contributed by atoms with Crippen molar-refractivity contribution in [3.05, 3.63) is 48.2 Å². The predicted octanol–water partition coefficient (Wildman–Crippen LogP) is 3.75. The maximum Gasteiger partial charge on any atom is 0.298 e. The Bertz CT molecular complexity index is 795. The molecule has 5 heteroatoms. The van der Waals surface area contributed by atoms with Crippen molar-refractivity contribution in [1.82, 2.24) is 4.90 Å². The Morgan fingerprint density at radius 3 is 2.36 bits per heavy atom. The number of benzene rings is 2. The van der Waals surface area contributed by atoms with Crippen molar-refractivity contribution < 1.29 is 9.53 Å². The van der Waals surface area contributed by atoms with Gasteiger partial charge in [0.1, 0.15) is 0 Å². The Morgan fingerprint density at radius 1 is 1.08 bits per heavy atom. The zero-order valence-electron chi connectivity index (χ0n) is 15.4. The SMILES string of the molecule is CC(C)N=C(O/C=C/c1ccc(N(C)C)c2ccccc12)N(C)C=O. The number of fused-ring (bicyclic) bond motifs is 1. The van der Waals surface area contributed by atoms with Gasteiger partial charge in [-0.05, 0) is 36.9 Å². The molecule has 0 radical (unpaired) electrons. The summed E-state index contributed by atoms with van der Waals surface area (Å²) in [4.78, 5) is 18.7. The predicted molar refractivity (Wildman–Crippen MR) is 105 cm³/mol. The van der Waals surface area contributed by atoms with Crippen LogP contribution in [0.3, 0.4) is 0 Å². The number of nitrogens with zero attached hydrogens (tertiary/aromatic N) is 3. The zero-order chi connectivity index (χ0) is 18.4. The second-order valence-electron chi connectivity index (χ2n) is 6.26. The average molecular weight is 339 g/mol. The van der Waals surface area contributed by atoms with E-state index in [2.05, 4.69) is 34.2 Å². The number of anilines is 1. The monoisotopic (exact) mass is 339 g/mol. The number of amides is 1. The lowest BCUT2D eigenvalue weighted by atomic mass is 10.0. The number of amidine groups is 1. The molecule has 0 aliphatic carbocycles. The summed E-state index contributed by atoms with van der Waals surface area (Å²) in [5.74, 6) is 0. The van der Waals surface area contributed by atoms with Crippen molar-refractivity contribution in [3.8, 4) is 0 Å². The number of hydrogen-bond donors (Lipinski definition) is 0. The van der Waals surface area contributed by atoms with Gasteiger partial charge >= 0.3 is 0 Å². The molecule has 0 fully saturated rings. The first-order valence-electron chi connectivity index (χ1n) is 8.22. The van der Waals surface area contributed by atoms with Gasteiger partial charge in [0.25, 0.3) is 6.02 Å². The molecule has 0 unspecified atom stereocenters. The number of ether oxygens (including phenoxy) is 1. The van der Waals surface area contributed by atoms with Crippen LogP contribution in [0.1, 0.15) is 19.4 Å². The van der Waals surface area contributed by atoms with Gasteiger partial charge in [-0.1, -0.05) is 30.3 Å². The molecule has 0 atom stereocenters. The Balaban J connectivity index is 2.32. The summed E-state index contributed by atoms with van der Waals surface area (Å²) in [6.45, 7) is 3.86. The fraction of sp³-hybridized carbons (Fsp3) is 0.300. The molecule has 0 N–H and O–H groups in total. The largest absolute Gasteiger partial charge is 0.434 e. The van der Waals surface area contributed by atoms with Crippen molar-refractivity contribution in [2.45, 2.75) is 19.9 Å². The van der Waals surface area contributed by atoms with Crippen LogP contribution >= 0.6 is 0 Å². The number of carbonyl (C=O) groups is 1. The molecule has 1 amide bonds. The maximum absolute atomic E-state index is 11.0. The van der Waals surface area contributed by atoms with E-state index in [1.165, 1.54) is 10.3 Å². The van der Waals surface area contributed by atoms with Crippen LogP contribution in [0.15, 0.2) is 47.7 Å². The van der Waals surface area contributed by atoms with E-state index in [9.17, 15) is 4.79 Å². The molecule has 2 rings (SSSR count). The van der Waals surface area contributed by atoms with E-state index < -0.39 is 0 Å². The first-order chi connectivity index (χ1) is 11.9. The van der Waals surface area contributed by atoms with E-state index in [-0.39, 0.29) is 12.1 Å². The minimum atomic E-state index is 0.0333. The van der Waals surface area contributed by atoms with Crippen molar-refractivity contribution >= 4 is 35.0 Å². The third kappa shape index (κ3) is 4.59. The molecule has 0 saturated heterocycles. The molecule has 25 heavy (non-hydrogen) atoms. The van der Waals surface area contributed by atoms with Gasteiger partial charge in [0.05, 0.1) is 6.26 Å². The van der Waals surface area contributed by atoms with Gasteiger partial charge in [0, 0.05) is 38.3 Å². The van der Waals surface area contributed by atoms with Crippen molar-refractivity contribution in [2.75, 3.05) is 26.0 Å². The second-order valence-corrected chi connectivity index (χ2v) is 6.26. The number of rotatable bonds is 5. The standard InChI is InChI=1S/C20H25N3O2/c1-15(2)21-20(23(5)14-24)25-13-12-16-10-11-19(22(3)4)18-9-7-6-8-17(16)18/h6-15H,1-5H3/b13-12+,21-20?. The number of aliphatic imine (C=N–C) groups is 1. The van der Waals surface area contributed by atoms with E-state index in [1.807, 2.05) is 46.2 Å². The van der Waals surface area contributed by atoms with Gasteiger partial charge in [-0.25, -0.2) is 4.99 Å². The van der Waals surface area contributed by atoms with Gasteiger partial charge in [-0.15, -0.1) is 0 Å². The van der Waals surface area contributed by atoms with Gasteiger partial charge < -0.3 is 9.64 Å². The zero-order valence-corrected chi connectivity index (χ0v) is 15.4. The molecule has 2 aromatic carbocycles. The molecule has 0 saturated carbocycles. The summed E-state index contributed by atoms with van der Waals surface area (Å²) < 4.78 is 5.59. The van der Waals surface area contributed by atoms with Crippen LogP contribution in [0.4, 0.5) is 5.69 Å². The smallest absolute Gasteiger partial charge is 0.298 e. The third-order valence-corrected chi connectivity index (χ3v) is 3.67. The lowest BCUT2D eigenvalue weighted by Gasteiger charge is -2.17. The molecular weight excluding hydrogens is 314 g/mol. The topological polar surface area (TPSA) is 45.1 Å². The molecule has 5 nitrogen and oxygen atoms in total. The summed E-state index contributed by atoms with van der Waals surface area (Å²) >= 11 is 0. The summed E-state index contributed by atoms with van der Waals surface area (Å²) in [6.07, 6.45) is 4.13.